The first kappa shape index (κ1) is 14.7. The SMILES string of the molecule is CN(CCC/C=C\C(C)(C)C)C(C)(C)C. The molecule has 0 aromatic heterocycles. The lowest BCUT2D eigenvalue weighted by Gasteiger charge is -2.31. The lowest BCUT2D eigenvalue weighted by Crippen LogP contribution is -2.38. The highest BCUT2D eigenvalue weighted by Crippen LogP contribution is 2.15. The van der Waals surface area contributed by atoms with Gasteiger partial charge in [-0.3, -0.25) is 0 Å². The fourth-order valence-corrected chi connectivity index (χ4v) is 1.22. The van der Waals surface area contributed by atoms with Crippen molar-refractivity contribution in [3.63, 3.8) is 0 Å². The summed E-state index contributed by atoms with van der Waals surface area (Å²) in [6.07, 6.45) is 7.07. The average molecular weight is 211 g/mol. The van der Waals surface area contributed by atoms with E-state index in [1.807, 2.05) is 0 Å². The van der Waals surface area contributed by atoms with Gasteiger partial charge in [-0.1, -0.05) is 32.9 Å². The number of allylic oxidation sites excluding steroid dienone is 2. The molecule has 0 aliphatic rings. The summed E-state index contributed by atoms with van der Waals surface area (Å²) < 4.78 is 0. The largest absolute Gasteiger partial charge is 0.302 e. The highest BCUT2D eigenvalue weighted by Gasteiger charge is 2.15. The normalized spacial score (nSPS) is 14.1. The molecule has 0 aliphatic carbocycles. The molecule has 0 bridgehead atoms. The van der Waals surface area contributed by atoms with Gasteiger partial charge in [0.2, 0.25) is 0 Å². The zero-order valence-corrected chi connectivity index (χ0v) is 11.7. The molecule has 0 atom stereocenters. The second-order valence-electron chi connectivity index (χ2n) is 6.50. The van der Waals surface area contributed by atoms with Crippen LogP contribution < -0.4 is 0 Å². The van der Waals surface area contributed by atoms with Gasteiger partial charge in [0, 0.05) is 5.54 Å². The molecule has 0 aromatic rings. The van der Waals surface area contributed by atoms with E-state index in [9.17, 15) is 0 Å². The van der Waals surface area contributed by atoms with E-state index in [1.54, 1.807) is 0 Å². The first-order valence-corrected chi connectivity index (χ1v) is 6.02. The lowest BCUT2D eigenvalue weighted by atomic mass is 9.96. The molecule has 1 nitrogen and oxygen atoms in total. The summed E-state index contributed by atoms with van der Waals surface area (Å²) in [4.78, 5) is 2.41. The monoisotopic (exact) mass is 211 g/mol. The maximum absolute atomic E-state index is 2.41. The van der Waals surface area contributed by atoms with Gasteiger partial charge in [-0.05, 0) is 52.6 Å². The lowest BCUT2D eigenvalue weighted by molar-refractivity contribution is 0.174. The number of hydrogen-bond donors (Lipinski definition) is 0. The van der Waals surface area contributed by atoms with E-state index in [0.717, 1.165) is 0 Å². The van der Waals surface area contributed by atoms with Crippen LogP contribution in [0.15, 0.2) is 12.2 Å². The topological polar surface area (TPSA) is 3.24 Å². The highest BCUT2D eigenvalue weighted by molar-refractivity contribution is 4.92. The third kappa shape index (κ3) is 8.68. The van der Waals surface area contributed by atoms with Crippen LogP contribution in [0.25, 0.3) is 0 Å². The Labute approximate surface area is 96.6 Å². The van der Waals surface area contributed by atoms with Crippen LogP contribution in [0.1, 0.15) is 54.4 Å². The van der Waals surface area contributed by atoms with Gasteiger partial charge >= 0.3 is 0 Å². The second-order valence-corrected chi connectivity index (χ2v) is 6.50. The van der Waals surface area contributed by atoms with E-state index in [0.29, 0.717) is 11.0 Å². The Morgan fingerprint density at radius 1 is 1.00 bits per heavy atom. The number of nitrogens with zero attached hydrogens (tertiary/aromatic N) is 1. The van der Waals surface area contributed by atoms with Crippen LogP contribution in [0.2, 0.25) is 0 Å². The van der Waals surface area contributed by atoms with Crippen LogP contribution in [0.4, 0.5) is 0 Å². The molecule has 0 spiro atoms. The fraction of sp³-hybridized carbons (Fsp3) is 0.857. The molecule has 0 rings (SSSR count). The van der Waals surface area contributed by atoms with Crippen molar-refractivity contribution >= 4 is 0 Å². The van der Waals surface area contributed by atoms with Crippen molar-refractivity contribution < 1.29 is 0 Å². The van der Waals surface area contributed by atoms with Gasteiger partial charge in [0.25, 0.3) is 0 Å². The number of hydrogen-bond acceptors (Lipinski definition) is 1. The predicted octanol–water partition coefficient (Wildman–Crippen LogP) is 4.10. The molecule has 1 heteroatoms. The molecular weight excluding hydrogens is 182 g/mol. The molecule has 0 saturated heterocycles. The summed E-state index contributed by atoms with van der Waals surface area (Å²) in [5.74, 6) is 0. The van der Waals surface area contributed by atoms with Crippen LogP contribution in [0.5, 0.6) is 0 Å². The van der Waals surface area contributed by atoms with Gasteiger partial charge in [0.05, 0.1) is 0 Å². The Balaban J connectivity index is 3.69. The molecule has 15 heavy (non-hydrogen) atoms. The van der Waals surface area contributed by atoms with Gasteiger partial charge in [-0.15, -0.1) is 0 Å². The Bertz CT molecular complexity index is 190. The second kappa shape index (κ2) is 5.69. The summed E-state index contributed by atoms with van der Waals surface area (Å²) in [5.41, 5.74) is 0.629. The van der Waals surface area contributed by atoms with E-state index in [1.165, 1.54) is 19.4 Å². The van der Waals surface area contributed by atoms with E-state index >= 15 is 0 Å². The maximum atomic E-state index is 2.41. The summed E-state index contributed by atoms with van der Waals surface area (Å²) in [6, 6.07) is 0. The fourth-order valence-electron chi connectivity index (χ4n) is 1.22. The first-order chi connectivity index (χ1) is 6.63. The van der Waals surface area contributed by atoms with Gasteiger partial charge in [-0.25, -0.2) is 0 Å². The van der Waals surface area contributed by atoms with Gasteiger partial charge in [-0.2, -0.15) is 0 Å². The quantitative estimate of drug-likeness (QED) is 0.500. The Hall–Kier alpha value is -0.300. The minimum absolute atomic E-state index is 0.299. The summed E-state index contributed by atoms with van der Waals surface area (Å²) >= 11 is 0. The van der Waals surface area contributed by atoms with Crippen molar-refractivity contribution in [3.05, 3.63) is 12.2 Å². The molecule has 0 aliphatic heterocycles. The third-order valence-corrected chi connectivity index (χ3v) is 2.63. The van der Waals surface area contributed by atoms with Crippen molar-refractivity contribution in [2.45, 2.75) is 59.9 Å². The summed E-state index contributed by atoms with van der Waals surface area (Å²) in [6.45, 7) is 14.7. The van der Waals surface area contributed by atoms with Crippen LogP contribution in [0, 0.1) is 5.41 Å². The predicted molar refractivity (Wildman–Crippen MR) is 70.2 cm³/mol. The maximum Gasteiger partial charge on any atom is 0.0122 e. The standard InChI is InChI=1S/C14H29N/c1-13(2,3)11-9-8-10-12-15(7)14(4,5)6/h9,11H,8,10,12H2,1-7H3/b11-9-. The molecule has 0 aromatic carbocycles. The van der Waals surface area contributed by atoms with E-state index in [-0.39, 0.29) is 0 Å². The van der Waals surface area contributed by atoms with Crippen LogP contribution >= 0.6 is 0 Å². The van der Waals surface area contributed by atoms with Crippen LogP contribution in [0.3, 0.4) is 0 Å². The van der Waals surface area contributed by atoms with Crippen LogP contribution in [-0.4, -0.2) is 24.0 Å². The smallest absolute Gasteiger partial charge is 0.0122 e. The molecule has 0 heterocycles. The van der Waals surface area contributed by atoms with E-state index in [2.05, 4.69) is 65.6 Å². The summed E-state index contributed by atoms with van der Waals surface area (Å²) in [7, 11) is 2.20. The Kier molecular flexibility index (Phi) is 5.58. The van der Waals surface area contributed by atoms with Gasteiger partial charge in [0.1, 0.15) is 0 Å². The highest BCUT2D eigenvalue weighted by atomic mass is 15.1. The van der Waals surface area contributed by atoms with E-state index in [4.69, 9.17) is 0 Å². The minimum Gasteiger partial charge on any atom is -0.302 e. The molecule has 90 valence electrons. The molecule has 0 fully saturated rings. The third-order valence-electron chi connectivity index (χ3n) is 2.63. The van der Waals surface area contributed by atoms with Crippen molar-refractivity contribution in [1.29, 1.82) is 0 Å². The summed E-state index contributed by atoms with van der Waals surface area (Å²) in [5, 5.41) is 0. The van der Waals surface area contributed by atoms with Crippen molar-refractivity contribution in [3.8, 4) is 0 Å². The van der Waals surface area contributed by atoms with Crippen molar-refractivity contribution in [2.75, 3.05) is 13.6 Å². The molecule has 0 unspecified atom stereocenters. The molecule has 0 amide bonds. The molecule has 0 N–H and O–H groups in total. The van der Waals surface area contributed by atoms with E-state index < -0.39 is 0 Å². The van der Waals surface area contributed by atoms with Crippen molar-refractivity contribution in [1.82, 2.24) is 4.90 Å². The Morgan fingerprint density at radius 3 is 1.93 bits per heavy atom. The van der Waals surface area contributed by atoms with Crippen LogP contribution in [-0.2, 0) is 0 Å². The molecular formula is C14H29N. The van der Waals surface area contributed by atoms with Gasteiger partial charge < -0.3 is 4.90 Å². The Morgan fingerprint density at radius 2 is 1.53 bits per heavy atom. The number of rotatable bonds is 4. The molecule has 0 radical (unpaired) electrons. The average Bonchev–Trinajstić information content (AvgIpc) is 1.99. The van der Waals surface area contributed by atoms with Crippen molar-refractivity contribution in [2.24, 2.45) is 5.41 Å². The zero-order chi connectivity index (χ0) is 12.1. The first-order valence-electron chi connectivity index (χ1n) is 6.02. The number of unbranched alkanes of at least 4 members (excludes halogenated alkanes) is 1. The zero-order valence-electron chi connectivity index (χ0n) is 11.7. The van der Waals surface area contributed by atoms with Gasteiger partial charge in [0.15, 0.2) is 0 Å². The molecule has 0 saturated carbocycles. The minimum atomic E-state index is 0.299.